The minimum absolute atomic E-state index is 0.124. The van der Waals surface area contributed by atoms with Crippen molar-refractivity contribution in [2.75, 3.05) is 11.9 Å². The van der Waals surface area contributed by atoms with Crippen molar-refractivity contribution in [3.05, 3.63) is 46.4 Å². The maximum absolute atomic E-state index is 12.1. The number of carbonyl (C=O) groups excluding carboxylic acids is 2. The van der Waals surface area contributed by atoms with Gasteiger partial charge >= 0.3 is 0 Å². The third kappa shape index (κ3) is 4.53. The van der Waals surface area contributed by atoms with Gasteiger partial charge in [0.25, 0.3) is 0 Å². The molecule has 1 amide bonds. The maximum Gasteiger partial charge on any atom is 0.232 e. The number of ether oxygens (including phenoxy) is 1. The number of nitrogens with one attached hydrogen (secondary N) is 1. The van der Waals surface area contributed by atoms with Gasteiger partial charge in [-0.2, -0.15) is 0 Å². The summed E-state index contributed by atoms with van der Waals surface area (Å²) in [5.74, 6) is 0.486. The van der Waals surface area contributed by atoms with E-state index in [1.54, 1.807) is 5.38 Å². The highest BCUT2D eigenvalue weighted by Crippen LogP contribution is 2.26. The molecule has 0 unspecified atom stereocenters. The number of ketones is 1. The lowest BCUT2D eigenvalue weighted by Gasteiger charge is -2.03. The Labute approximate surface area is 158 Å². The number of nitrogens with zero attached hydrogens (tertiary/aromatic N) is 2. The van der Waals surface area contributed by atoms with E-state index >= 15 is 0 Å². The van der Waals surface area contributed by atoms with Crippen molar-refractivity contribution in [1.29, 1.82) is 0 Å². The Morgan fingerprint density at radius 1 is 1.12 bits per heavy atom. The minimum atomic E-state index is -0.210. The van der Waals surface area contributed by atoms with Gasteiger partial charge in [0.2, 0.25) is 5.91 Å². The second-order valence-electron chi connectivity index (χ2n) is 5.42. The number of amides is 1. The van der Waals surface area contributed by atoms with Crippen LogP contribution in [0.25, 0.3) is 10.6 Å². The van der Waals surface area contributed by atoms with Gasteiger partial charge in [0.1, 0.15) is 16.5 Å². The second kappa shape index (κ2) is 8.20. The standard InChI is InChI=1S/C18H17N3O3S2/c1-3-24-14-6-4-12(5-7-14)17-19-13(9-25-17)8-16(23)21-18-20-15(10-26-18)11(2)22/h4-7,9-10H,3,8H2,1-2H3,(H,20,21,23). The molecule has 0 saturated heterocycles. The van der Waals surface area contributed by atoms with Gasteiger partial charge in [0, 0.05) is 23.2 Å². The molecular formula is C18H17N3O3S2. The van der Waals surface area contributed by atoms with Crippen LogP contribution in [0.3, 0.4) is 0 Å². The zero-order valence-corrected chi connectivity index (χ0v) is 15.9. The fourth-order valence-electron chi connectivity index (χ4n) is 2.20. The Hall–Kier alpha value is -2.58. The van der Waals surface area contributed by atoms with E-state index in [1.165, 1.54) is 29.6 Å². The molecule has 2 heterocycles. The molecule has 0 bridgehead atoms. The van der Waals surface area contributed by atoms with Gasteiger partial charge in [0.15, 0.2) is 10.9 Å². The van der Waals surface area contributed by atoms with E-state index in [0.717, 1.165) is 16.3 Å². The lowest BCUT2D eigenvalue weighted by atomic mass is 10.2. The fourth-order valence-corrected chi connectivity index (χ4v) is 3.79. The lowest BCUT2D eigenvalue weighted by Crippen LogP contribution is -2.14. The number of Topliss-reactive ketones (excluding diaryl/α,β-unsaturated/α-hetero) is 1. The predicted molar refractivity (Wildman–Crippen MR) is 103 cm³/mol. The van der Waals surface area contributed by atoms with Gasteiger partial charge in [-0.15, -0.1) is 22.7 Å². The van der Waals surface area contributed by atoms with E-state index in [-0.39, 0.29) is 18.1 Å². The van der Waals surface area contributed by atoms with Gasteiger partial charge in [0.05, 0.1) is 18.7 Å². The highest BCUT2D eigenvalue weighted by atomic mass is 32.1. The summed E-state index contributed by atoms with van der Waals surface area (Å²) in [6.07, 6.45) is 0.155. The van der Waals surface area contributed by atoms with Gasteiger partial charge in [-0.3, -0.25) is 9.59 Å². The molecule has 0 radical (unpaired) electrons. The summed E-state index contributed by atoms with van der Waals surface area (Å²) in [5, 5.41) is 7.47. The van der Waals surface area contributed by atoms with E-state index in [1.807, 2.05) is 36.6 Å². The van der Waals surface area contributed by atoms with Gasteiger partial charge < -0.3 is 10.1 Å². The van der Waals surface area contributed by atoms with Gasteiger partial charge in [-0.25, -0.2) is 9.97 Å². The molecule has 8 heteroatoms. The highest BCUT2D eigenvalue weighted by Gasteiger charge is 2.12. The van der Waals surface area contributed by atoms with E-state index in [0.29, 0.717) is 23.1 Å². The summed E-state index contributed by atoms with van der Waals surface area (Å²) in [6, 6.07) is 7.71. The van der Waals surface area contributed by atoms with Crippen LogP contribution in [0.15, 0.2) is 35.0 Å². The Bertz CT molecular complexity index is 916. The molecule has 2 aromatic heterocycles. The molecule has 0 fully saturated rings. The van der Waals surface area contributed by atoms with E-state index in [4.69, 9.17) is 4.74 Å². The summed E-state index contributed by atoms with van der Waals surface area (Å²) in [6.45, 7) is 4.01. The van der Waals surface area contributed by atoms with Crippen LogP contribution in [-0.4, -0.2) is 28.3 Å². The number of rotatable bonds is 7. The molecule has 0 spiro atoms. The summed E-state index contributed by atoms with van der Waals surface area (Å²) in [7, 11) is 0. The molecule has 0 saturated carbocycles. The number of thiazole rings is 2. The third-order valence-electron chi connectivity index (χ3n) is 3.42. The molecule has 6 nitrogen and oxygen atoms in total. The summed E-state index contributed by atoms with van der Waals surface area (Å²) in [4.78, 5) is 32.0. The molecular weight excluding hydrogens is 370 g/mol. The van der Waals surface area contributed by atoms with Crippen LogP contribution in [0.5, 0.6) is 5.75 Å². The number of carbonyl (C=O) groups is 2. The Morgan fingerprint density at radius 3 is 2.54 bits per heavy atom. The Kier molecular flexibility index (Phi) is 5.75. The summed E-state index contributed by atoms with van der Waals surface area (Å²) >= 11 is 2.72. The molecule has 1 aromatic carbocycles. The van der Waals surface area contributed by atoms with Crippen molar-refractivity contribution >= 4 is 39.5 Å². The minimum Gasteiger partial charge on any atom is -0.494 e. The van der Waals surface area contributed by atoms with Crippen LogP contribution in [0.2, 0.25) is 0 Å². The molecule has 134 valence electrons. The van der Waals surface area contributed by atoms with E-state index in [2.05, 4.69) is 15.3 Å². The summed E-state index contributed by atoms with van der Waals surface area (Å²) < 4.78 is 5.43. The quantitative estimate of drug-likeness (QED) is 0.619. The molecule has 26 heavy (non-hydrogen) atoms. The van der Waals surface area contributed by atoms with Crippen LogP contribution in [-0.2, 0) is 11.2 Å². The van der Waals surface area contributed by atoms with Gasteiger partial charge in [-0.05, 0) is 31.2 Å². The number of benzene rings is 1. The van der Waals surface area contributed by atoms with Crippen molar-refractivity contribution in [2.24, 2.45) is 0 Å². The van der Waals surface area contributed by atoms with Crippen LogP contribution >= 0.6 is 22.7 Å². The normalized spacial score (nSPS) is 10.5. The molecule has 0 aliphatic carbocycles. The molecule has 0 aliphatic heterocycles. The number of anilines is 1. The first-order chi connectivity index (χ1) is 12.5. The van der Waals surface area contributed by atoms with Crippen LogP contribution in [0, 0.1) is 0 Å². The van der Waals surface area contributed by atoms with Crippen molar-refractivity contribution in [3.63, 3.8) is 0 Å². The second-order valence-corrected chi connectivity index (χ2v) is 7.14. The molecule has 3 rings (SSSR count). The van der Waals surface area contributed by atoms with Crippen molar-refractivity contribution in [2.45, 2.75) is 20.3 Å². The topological polar surface area (TPSA) is 81.2 Å². The molecule has 0 aliphatic rings. The molecule has 0 atom stereocenters. The zero-order valence-electron chi connectivity index (χ0n) is 14.3. The van der Waals surface area contributed by atoms with Crippen LogP contribution in [0.4, 0.5) is 5.13 Å². The first-order valence-corrected chi connectivity index (χ1v) is 9.75. The van der Waals surface area contributed by atoms with Crippen molar-refractivity contribution in [1.82, 2.24) is 9.97 Å². The van der Waals surface area contributed by atoms with Crippen molar-refractivity contribution < 1.29 is 14.3 Å². The molecule has 1 N–H and O–H groups in total. The lowest BCUT2D eigenvalue weighted by molar-refractivity contribution is -0.115. The molecule has 3 aromatic rings. The van der Waals surface area contributed by atoms with Gasteiger partial charge in [-0.1, -0.05) is 0 Å². The largest absolute Gasteiger partial charge is 0.494 e. The zero-order chi connectivity index (χ0) is 18.5. The Morgan fingerprint density at radius 2 is 1.88 bits per heavy atom. The SMILES string of the molecule is CCOc1ccc(-c2nc(CC(=O)Nc3nc(C(C)=O)cs3)cs2)cc1. The smallest absolute Gasteiger partial charge is 0.232 e. The van der Waals surface area contributed by atoms with E-state index in [9.17, 15) is 9.59 Å². The Balaban J connectivity index is 1.62. The van der Waals surface area contributed by atoms with E-state index < -0.39 is 0 Å². The average molecular weight is 387 g/mol. The maximum atomic E-state index is 12.1. The average Bonchev–Trinajstić information content (AvgIpc) is 3.25. The van der Waals surface area contributed by atoms with Crippen LogP contribution < -0.4 is 10.1 Å². The first-order valence-electron chi connectivity index (χ1n) is 7.99. The first kappa shape index (κ1) is 18.2. The number of hydrogen-bond donors (Lipinski definition) is 1. The van der Waals surface area contributed by atoms with Crippen molar-refractivity contribution in [3.8, 4) is 16.3 Å². The monoisotopic (exact) mass is 387 g/mol. The number of aromatic nitrogens is 2. The predicted octanol–water partition coefficient (Wildman–Crippen LogP) is 4.05. The summed E-state index contributed by atoms with van der Waals surface area (Å²) in [5.41, 5.74) is 2.03. The van der Waals surface area contributed by atoms with Crippen LogP contribution in [0.1, 0.15) is 30.0 Å². The number of hydrogen-bond acceptors (Lipinski definition) is 7. The third-order valence-corrected chi connectivity index (χ3v) is 5.11. The highest BCUT2D eigenvalue weighted by molar-refractivity contribution is 7.14. The fraction of sp³-hybridized carbons (Fsp3) is 0.222.